The van der Waals surface area contributed by atoms with Crippen LogP contribution in [0, 0.1) is 11.6 Å². The van der Waals surface area contributed by atoms with E-state index >= 15 is 0 Å². The van der Waals surface area contributed by atoms with E-state index in [1.807, 2.05) is 0 Å². The van der Waals surface area contributed by atoms with Crippen LogP contribution >= 0.6 is 11.3 Å². The number of hydrogen-bond acceptors (Lipinski definition) is 7. The number of aromatic hydroxyl groups is 1. The number of fused-ring (bicyclic) bond motifs is 1. The highest BCUT2D eigenvalue weighted by Gasteiger charge is 2.46. The lowest BCUT2D eigenvalue weighted by molar-refractivity contribution is -0.117. The molecule has 160 valence electrons. The number of aliphatic hydroxyl groups excluding tert-OH is 1. The Labute approximate surface area is 182 Å². The van der Waals surface area contributed by atoms with E-state index in [4.69, 9.17) is 4.42 Å². The van der Waals surface area contributed by atoms with Gasteiger partial charge in [0.2, 0.25) is 5.78 Å². The number of benzene rings is 2. The van der Waals surface area contributed by atoms with Gasteiger partial charge in [-0.05, 0) is 35.9 Å². The first kappa shape index (κ1) is 19.9. The predicted molar refractivity (Wildman–Crippen MR) is 111 cm³/mol. The molecule has 0 bridgehead atoms. The van der Waals surface area contributed by atoms with Gasteiger partial charge in [-0.1, -0.05) is 23.5 Å². The molecule has 7 nitrogen and oxygen atoms in total. The molecule has 1 amide bonds. The molecule has 1 unspecified atom stereocenters. The smallest absolute Gasteiger partial charge is 0.296 e. The van der Waals surface area contributed by atoms with Gasteiger partial charge in [0.25, 0.3) is 5.91 Å². The van der Waals surface area contributed by atoms with Crippen molar-refractivity contribution < 1.29 is 33.0 Å². The van der Waals surface area contributed by atoms with E-state index < -0.39 is 35.1 Å². The third kappa shape index (κ3) is 3.04. The van der Waals surface area contributed by atoms with Crippen molar-refractivity contribution >= 4 is 38.4 Å². The number of phenolic OH excluding ortho intramolecular Hbond substituents is 1. The first-order valence-electron chi connectivity index (χ1n) is 9.24. The zero-order valence-electron chi connectivity index (χ0n) is 16.0. The summed E-state index contributed by atoms with van der Waals surface area (Å²) in [5.74, 6) is -4.68. The van der Waals surface area contributed by atoms with E-state index in [1.165, 1.54) is 42.7 Å². The molecule has 2 aromatic heterocycles. The number of hydrogen-bond donors (Lipinski definition) is 2. The largest absolute Gasteiger partial charge is 0.508 e. The maximum Gasteiger partial charge on any atom is 0.296 e. The summed E-state index contributed by atoms with van der Waals surface area (Å²) in [4.78, 5) is 31.5. The SMILES string of the molecule is O=C(C1=C(O)C(=O)N(c2nc3cc(F)c(F)cc3s2)C1c1ccc(O)cc1)c1ccco1. The Bertz CT molecular complexity index is 1370. The van der Waals surface area contributed by atoms with Crippen LogP contribution in [0.25, 0.3) is 10.2 Å². The number of rotatable bonds is 4. The molecule has 0 saturated carbocycles. The third-order valence-corrected chi connectivity index (χ3v) is 6.05. The van der Waals surface area contributed by atoms with Crippen LogP contribution in [0.15, 0.2) is 70.5 Å². The van der Waals surface area contributed by atoms with Gasteiger partial charge in [-0.2, -0.15) is 0 Å². The molecule has 1 aliphatic rings. The molecule has 0 radical (unpaired) electrons. The molecule has 1 aliphatic heterocycles. The van der Waals surface area contributed by atoms with Gasteiger partial charge in [0, 0.05) is 6.07 Å². The Hall–Kier alpha value is -4.05. The van der Waals surface area contributed by atoms with E-state index in [0.29, 0.717) is 5.56 Å². The van der Waals surface area contributed by atoms with Crippen LogP contribution in [0.3, 0.4) is 0 Å². The summed E-state index contributed by atoms with van der Waals surface area (Å²) in [7, 11) is 0. The van der Waals surface area contributed by atoms with E-state index in [-0.39, 0.29) is 32.4 Å². The fraction of sp³-hybridized carbons (Fsp3) is 0.0455. The molecule has 3 heterocycles. The monoisotopic (exact) mass is 454 g/mol. The van der Waals surface area contributed by atoms with Crippen LogP contribution in [-0.2, 0) is 4.79 Å². The minimum Gasteiger partial charge on any atom is -0.508 e. The molecule has 32 heavy (non-hydrogen) atoms. The normalized spacial score (nSPS) is 16.4. The van der Waals surface area contributed by atoms with Crippen molar-refractivity contribution in [1.82, 2.24) is 4.98 Å². The molecule has 2 aromatic carbocycles. The quantitative estimate of drug-likeness (QED) is 0.435. The highest BCUT2D eigenvalue weighted by atomic mass is 32.1. The van der Waals surface area contributed by atoms with Gasteiger partial charge in [0.15, 0.2) is 28.3 Å². The highest BCUT2D eigenvalue weighted by molar-refractivity contribution is 7.22. The van der Waals surface area contributed by atoms with Gasteiger partial charge >= 0.3 is 0 Å². The van der Waals surface area contributed by atoms with Crippen molar-refractivity contribution in [2.45, 2.75) is 6.04 Å². The number of carbonyl (C=O) groups is 2. The number of carbonyl (C=O) groups excluding carboxylic acids is 2. The van der Waals surface area contributed by atoms with E-state index in [1.54, 1.807) is 0 Å². The average Bonchev–Trinajstić information content (AvgIpc) is 3.48. The Morgan fingerprint density at radius 2 is 1.81 bits per heavy atom. The number of thiazole rings is 1. The minimum absolute atomic E-state index is 0.0295. The summed E-state index contributed by atoms with van der Waals surface area (Å²) < 4.78 is 32.8. The van der Waals surface area contributed by atoms with E-state index in [2.05, 4.69) is 4.98 Å². The fourth-order valence-corrected chi connectivity index (χ4v) is 4.56. The topological polar surface area (TPSA) is 104 Å². The van der Waals surface area contributed by atoms with Crippen LogP contribution < -0.4 is 4.90 Å². The predicted octanol–water partition coefficient (Wildman–Crippen LogP) is 4.66. The number of aliphatic hydroxyl groups is 1. The maximum atomic E-state index is 13.7. The van der Waals surface area contributed by atoms with Crippen molar-refractivity contribution in [2.24, 2.45) is 0 Å². The molecule has 0 aliphatic carbocycles. The summed E-state index contributed by atoms with van der Waals surface area (Å²) in [5.41, 5.74) is 0.269. The molecule has 0 spiro atoms. The third-order valence-electron chi connectivity index (χ3n) is 5.03. The standard InChI is InChI=1S/C22H12F2N2O5S/c23-12-8-14-16(9-13(12)24)32-22(25-14)26-18(10-3-5-11(27)6-4-10)17(20(29)21(26)30)19(28)15-2-1-7-31-15/h1-9,18,27,29H. The Kier molecular flexibility index (Phi) is 4.52. The lowest BCUT2D eigenvalue weighted by Gasteiger charge is -2.24. The van der Waals surface area contributed by atoms with Crippen molar-refractivity contribution in [3.05, 3.63) is 89.1 Å². The van der Waals surface area contributed by atoms with Gasteiger partial charge in [-0.25, -0.2) is 13.8 Å². The van der Waals surface area contributed by atoms with Gasteiger partial charge in [0.1, 0.15) is 5.75 Å². The average molecular weight is 454 g/mol. The van der Waals surface area contributed by atoms with Crippen LogP contribution in [-0.4, -0.2) is 26.9 Å². The molecule has 0 saturated heterocycles. The molecular weight excluding hydrogens is 442 g/mol. The van der Waals surface area contributed by atoms with Gasteiger partial charge in [-0.15, -0.1) is 0 Å². The van der Waals surface area contributed by atoms with Crippen molar-refractivity contribution in [2.75, 3.05) is 4.90 Å². The lowest BCUT2D eigenvalue weighted by Crippen LogP contribution is -2.30. The Balaban J connectivity index is 1.69. The van der Waals surface area contributed by atoms with E-state index in [0.717, 1.165) is 28.4 Å². The zero-order valence-corrected chi connectivity index (χ0v) is 16.8. The van der Waals surface area contributed by atoms with Gasteiger partial charge in [0.05, 0.1) is 28.1 Å². The number of halogens is 2. The summed E-state index contributed by atoms with van der Waals surface area (Å²) >= 11 is 0.901. The van der Waals surface area contributed by atoms with Gasteiger partial charge in [-0.3, -0.25) is 14.5 Å². The van der Waals surface area contributed by atoms with Crippen LogP contribution in [0.4, 0.5) is 13.9 Å². The summed E-state index contributed by atoms with van der Waals surface area (Å²) in [6.07, 6.45) is 1.28. The van der Waals surface area contributed by atoms with Crippen molar-refractivity contribution in [3.63, 3.8) is 0 Å². The first-order valence-corrected chi connectivity index (χ1v) is 10.1. The summed E-state index contributed by atoms with van der Waals surface area (Å²) in [5, 5.41) is 20.3. The Morgan fingerprint density at radius 1 is 1.09 bits per heavy atom. The Morgan fingerprint density at radius 3 is 2.50 bits per heavy atom. The second kappa shape index (κ2) is 7.27. The van der Waals surface area contributed by atoms with Gasteiger partial charge < -0.3 is 14.6 Å². The second-order valence-corrected chi connectivity index (χ2v) is 7.98. The number of phenols is 1. The summed E-state index contributed by atoms with van der Waals surface area (Å²) in [6.45, 7) is 0. The maximum absolute atomic E-state index is 13.7. The molecule has 5 rings (SSSR count). The fourth-order valence-electron chi connectivity index (χ4n) is 3.56. The van der Waals surface area contributed by atoms with Crippen LogP contribution in [0.5, 0.6) is 5.75 Å². The first-order chi connectivity index (χ1) is 15.3. The number of nitrogens with zero attached hydrogens (tertiary/aromatic N) is 2. The molecular formula is C22H12F2N2O5S. The minimum atomic E-state index is -1.11. The molecule has 2 N–H and O–H groups in total. The highest BCUT2D eigenvalue weighted by Crippen LogP contribution is 2.44. The number of Topliss-reactive ketones (excluding diaryl/α,β-unsaturated/α-hetero) is 1. The zero-order chi connectivity index (χ0) is 22.6. The number of furan rings is 1. The molecule has 0 fully saturated rings. The molecule has 4 aromatic rings. The number of aromatic nitrogens is 1. The van der Waals surface area contributed by atoms with Crippen LogP contribution in [0.1, 0.15) is 22.2 Å². The lowest BCUT2D eigenvalue weighted by atomic mass is 9.95. The number of amides is 1. The number of ketones is 1. The van der Waals surface area contributed by atoms with Crippen molar-refractivity contribution in [1.29, 1.82) is 0 Å². The number of anilines is 1. The molecule has 1 atom stereocenters. The van der Waals surface area contributed by atoms with Crippen LogP contribution in [0.2, 0.25) is 0 Å². The van der Waals surface area contributed by atoms with E-state index in [9.17, 15) is 28.6 Å². The summed E-state index contributed by atoms with van der Waals surface area (Å²) in [6, 6.07) is 9.35. The van der Waals surface area contributed by atoms with Crippen molar-refractivity contribution in [3.8, 4) is 5.75 Å². The second-order valence-electron chi connectivity index (χ2n) is 6.97. The molecule has 10 heteroatoms.